The van der Waals surface area contributed by atoms with Gasteiger partial charge in [-0.1, -0.05) is 18.2 Å². The first-order valence-corrected chi connectivity index (χ1v) is 11.5. The van der Waals surface area contributed by atoms with Gasteiger partial charge in [-0.15, -0.1) is 0 Å². The predicted octanol–water partition coefficient (Wildman–Crippen LogP) is 3.12. The Morgan fingerprint density at radius 2 is 1.90 bits per heavy atom. The Morgan fingerprint density at radius 1 is 1.10 bits per heavy atom. The molecule has 0 amide bonds. The molecule has 30 heavy (non-hydrogen) atoms. The smallest absolute Gasteiger partial charge is 0.345 e. The van der Waals surface area contributed by atoms with Gasteiger partial charge in [0.25, 0.3) is 0 Å². The fraction of sp³-hybridized carbons (Fsp3) is 0.652. The van der Waals surface area contributed by atoms with Gasteiger partial charge in [0, 0.05) is 43.7 Å². The molecule has 2 unspecified atom stereocenters. The predicted molar refractivity (Wildman–Crippen MR) is 112 cm³/mol. The number of aryl methyl sites for hydroxylation is 2. The summed E-state index contributed by atoms with van der Waals surface area (Å²) in [7, 11) is 0. The Hall–Kier alpha value is -1.99. The highest BCUT2D eigenvalue weighted by Gasteiger charge is 2.40. The minimum absolute atomic E-state index is 0.0629. The number of hydrogen-bond acceptors (Lipinski definition) is 4. The summed E-state index contributed by atoms with van der Waals surface area (Å²) < 4.78 is 23.5. The lowest BCUT2D eigenvalue weighted by Crippen LogP contribution is -2.46. The molecule has 3 aliphatic heterocycles. The van der Waals surface area contributed by atoms with E-state index in [0.29, 0.717) is 30.8 Å². The van der Waals surface area contributed by atoms with Crippen LogP contribution in [-0.2, 0) is 30.9 Å². The fourth-order valence-corrected chi connectivity index (χ4v) is 5.55. The van der Waals surface area contributed by atoms with E-state index in [1.165, 1.54) is 18.9 Å². The van der Waals surface area contributed by atoms with Gasteiger partial charge in [0.15, 0.2) is 0 Å². The van der Waals surface area contributed by atoms with E-state index in [9.17, 15) is 9.18 Å². The topological polar surface area (TPSA) is 52.3 Å². The first kappa shape index (κ1) is 19.9. The first-order chi connectivity index (χ1) is 14.7. The second-order valence-corrected chi connectivity index (χ2v) is 9.00. The Kier molecular flexibility index (Phi) is 5.74. The molecule has 4 heterocycles. The molecule has 6 nitrogen and oxygen atoms in total. The maximum absolute atomic E-state index is 13.8. The Labute approximate surface area is 176 Å². The second kappa shape index (κ2) is 8.63. The van der Waals surface area contributed by atoms with E-state index in [4.69, 9.17) is 4.74 Å². The molecule has 3 aliphatic rings. The summed E-state index contributed by atoms with van der Waals surface area (Å²) in [6.45, 7) is 2.87. The van der Waals surface area contributed by atoms with Gasteiger partial charge in [-0.2, -0.15) is 5.10 Å². The van der Waals surface area contributed by atoms with Crippen LogP contribution >= 0.6 is 0 Å². The molecule has 2 bridgehead atoms. The third-order valence-electron chi connectivity index (χ3n) is 7.09. The average molecular weight is 415 g/mol. The number of ether oxygens (including phenoxy) is 1. The maximum atomic E-state index is 13.8. The Bertz CT molecular complexity index is 926. The number of fused-ring (bicyclic) bond motifs is 3. The van der Waals surface area contributed by atoms with Crippen molar-refractivity contribution in [3.05, 3.63) is 52.0 Å². The van der Waals surface area contributed by atoms with Crippen molar-refractivity contribution < 1.29 is 9.13 Å². The van der Waals surface area contributed by atoms with E-state index in [0.717, 1.165) is 57.4 Å². The van der Waals surface area contributed by atoms with Crippen LogP contribution < -0.4 is 5.69 Å². The van der Waals surface area contributed by atoms with E-state index in [1.54, 1.807) is 16.8 Å². The quantitative estimate of drug-likeness (QED) is 0.699. The van der Waals surface area contributed by atoms with Crippen molar-refractivity contribution in [2.45, 2.75) is 89.3 Å². The van der Waals surface area contributed by atoms with E-state index < -0.39 is 0 Å². The van der Waals surface area contributed by atoms with Crippen LogP contribution in [0.3, 0.4) is 0 Å². The molecule has 0 radical (unpaired) electrons. The molecule has 2 fully saturated rings. The van der Waals surface area contributed by atoms with Crippen molar-refractivity contribution in [3.63, 3.8) is 0 Å². The summed E-state index contributed by atoms with van der Waals surface area (Å²) in [5, 5.41) is 4.56. The summed E-state index contributed by atoms with van der Waals surface area (Å²) >= 11 is 0. The number of hydrogen-bond donors (Lipinski definition) is 0. The van der Waals surface area contributed by atoms with Gasteiger partial charge < -0.3 is 4.74 Å². The summed E-state index contributed by atoms with van der Waals surface area (Å²) in [6.07, 6.45) is 8.75. The molecule has 7 heteroatoms. The van der Waals surface area contributed by atoms with Crippen LogP contribution in [0, 0.1) is 5.82 Å². The molecule has 0 saturated carbocycles. The molecule has 2 aromatic rings. The van der Waals surface area contributed by atoms with Crippen LogP contribution in [0.1, 0.15) is 56.3 Å². The maximum Gasteiger partial charge on any atom is 0.345 e. The zero-order valence-corrected chi connectivity index (χ0v) is 17.5. The third-order valence-corrected chi connectivity index (χ3v) is 7.09. The van der Waals surface area contributed by atoms with Crippen molar-refractivity contribution in [2.75, 3.05) is 6.54 Å². The standard InChI is InChI=1S/C23H31FN4O2/c24-21-7-2-1-6-17(21)16-30-20-14-18-9-10-19(15-20)26(18)12-5-13-28-23(29)27-11-4-3-8-22(27)25-28/h1-2,6-7,18-20H,3-5,8-16H2. The SMILES string of the molecule is O=c1n(CCCN2C3CCC2CC(OCc2ccccc2F)C3)nc2n1CCCC2. The molecule has 0 spiro atoms. The molecule has 0 aliphatic carbocycles. The van der Waals surface area contributed by atoms with Crippen LogP contribution in [0.25, 0.3) is 0 Å². The minimum Gasteiger partial charge on any atom is -0.373 e. The van der Waals surface area contributed by atoms with Crippen LogP contribution in [-0.4, -0.2) is 44.0 Å². The fourth-order valence-electron chi connectivity index (χ4n) is 5.55. The van der Waals surface area contributed by atoms with Gasteiger partial charge in [0.1, 0.15) is 11.6 Å². The van der Waals surface area contributed by atoms with Crippen LogP contribution in [0.5, 0.6) is 0 Å². The van der Waals surface area contributed by atoms with Crippen molar-refractivity contribution >= 4 is 0 Å². The van der Waals surface area contributed by atoms with Gasteiger partial charge in [-0.05, 0) is 51.0 Å². The Balaban J connectivity index is 1.12. The number of benzene rings is 1. The molecule has 1 aromatic carbocycles. The molecule has 162 valence electrons. The van der Waals surface area contributed by atoms with E-state index in [-0.39, 0.29) is 17.6 Å². The number of nitrogens with zero attached hydrogens (tertiary/aromatic N) is 4. The molecule has 0 N–H and O–H groups in total. The Morgan fingerprint density at radius 3 is 2.67 bits per heavy atom. The minimum atomic E-state index is -0.186. The van der Waals surface area contributed by atoms with Crippen molar-refractivity contribution in [3.8, 4) is 0 Å². The highest BCUT2D eigenvalue weighted by molar-refractivity contribution is 5.16. The van der Waals surface area contributed by atoms with Crippen LogP contribution in [0.4, 0.5) is 4.39 Å². The monoisotopic (exact) mass is 414 g/mol. The number of aromatic nitrogens is 3. The lowest BCUT2D eigenvalue weighted by molar-refractivity contribution is -0.0293. The summed E-state index contributed by atoms with van der Waals surface area (Å²) in [5.41, 5.74) is 0.702. The average Bonchev–Trinajstić information content (AvgIpc) is 3.19. The molecule has 5 rings (SSSR count). The third kappa shape index (κ3) is 3.97. The largest absolute Gasteiger partial charge is 0.373 e. The van der Waals surface area contributed by atoms with Gasteiger partial charge in [-0.3, -0.25) is 9.47 Å². The van der Waals surface area contributed by atoms with Gasteiger partial charge >= 0.3 is 5.69 Å². The second-order valence-electron chi connectivity index (χ2n) is 9.00. The molecule has 1 aromatic heterocycles. The van der Waals surface area contributed by atoms with Gasteiger partial charge in [0.2, 0.25) is 0 Å². The van der Waals surface area contributed by atoms with Crippen molar-refractivity contribution in [2.24, 2.45) is 0 Å². The van der Waals surface area contributed by atoms with Crippen molar-refractivity contribution in [1.82, 2.24) is 19.2 Å². The van der Waals surface area contributed by atoms with Crippen LogP contribution in [0.2, 0.25) is 0 Å². The van der Waals surface area contributed by atoms with Gasteiger partial charge in [0.05, 0.1) is 12.7 Å². The molecule has 2 saturated heterocycles. The van der Waals surface area contributed by atoms with Crippen LogP contribution in [0.15, 0.2) is 29.1 Å². The molecule has 2 atom stereocenters. The lowest BCUT2D eigenvalue weighted by Gasteiger charge is -2.38. The zero-order valence-electron chi connectivity index (χ0n) is 17.5. The summed E-state index contributed by atoms with van der Waals surface area (Å²) in [6, 6.07) is 7.95. The number of rotatable bonds is 7. The van der Waals surface area contributed by atoms with E-state index in [2.05, 4.69) is 10.00 Å². The van der Waals surface area contributed by atoms with Crippen molar-refractivity contribution in [1.29, 1.82) is 0 Å². The normalized spacial score (nSPS) is 26.1. The lowest BCUT2D eigenvalue weighted by atomic mass is 9.99. The van der Waals surface area contributed by atoms with E-state index >= 15 is 0 Å². The van der Waals surface area contributed by atoms with E-state index in [1.807, 2.05) is 10.6 Å². The molecular weight excluding hydrogens is 383 g/mol. The highest BCUT2D eigenvalue weighted by Crippen LogP contribution is 2.37. The van der Waals surface area contributed by atoms with Gasteiger partial charge in [-0.25, -0.2) is 13.9 Å². The first-order valence-electron chi connectivity index (χ1n) is 11.5. The molecular formula is C23H31FN4O2. The zero-order chi connectivity index (χ0) is 20.5. The highest BCUT2D eigenvalue weighted by atomic mass is 19.1. The summed E-state index contributed by atoms with van der Waals surface area (Å²) in [5.74, 6) is 0.772. The number of halogens is 1. The summed E-state index contributed by atoms with van der Waals surface area (Å²) in [4.78, 5) is 15.1. The number of piperidine rings is 1.